The Hall–Kier alpha value is -1.18. The summed E-state index contributed by atoms with van der Waals surface area (Å²) in [4.78, 5) is 0. The third-order valence-corrected chi connectivity index (χ3v) is 5.50. The summed E-state index contributed by atoms with van der Waals surface area (Å²) in [6.45, 7) is 4.40. The summed E-state index contributed by atoms with van der Waals surface area (Å²) in [5.41, 5.74) is -0.179. The molecule has 7 heteroatoms. The Morgan fingerprint density at radius 2 is 1.40 bits per heavy atom. The molecule has 1 rings (SSSR count). The minimum atomic E-state index is -1.79. The van der Waals surface area contributed by atoms with E-state index < -0.39 is 29.2 Å². The van der Waals surface area contributed by atoms with Crippen molar-refractivity contribution >= 4 is 0 Å². The summed E-state index contributed by atoms with van der Waals surface area (Å²) in [5, 5.41) is 0. The lowest BCUT2D eigenvalue weighted by Crippen LogP contribution is -2.45. The molecule has 30 heavy (non-hydrogen) atoms. The van der Waals surface area contributed by atoms with Crippen LogP contribution >= 0.6 is 0 Å². The highest BCUT2D eigenvalue weighted by Crippen LogP contribution is 2.33. The average Bonchev–Trinajstić information content (AvgIpc) is 2.75. The molecular formula is C23H36F4O3. The number of ether oxygens (including phenoxy) is 3. The lowest BCUT2D eigenvalue weighted by atomic mass is 9.91. The monoisotopic (exact) mass is 436 g/mol. The van der Waals surface area contributed by atoms with Crippen LogP contribution in [0.3, 0.4) is 0 Å². The maximum Gasteiger partial charge on any atom is 0.285 e. The summed E-state index contributed by atoms with van der Waals surface area (Å²) in [6, 6.07) is 0.721. The van der Waals surface area contributed by atoms with Gasteiger partial charge in [0.05, 0.1) is 0 Å². The Labute approximate surface area is 178 Å². The number of hydrogen-bond acceptors (Lipinski definition) is 3. The topological polar surface area (TPSA) is 27.7 Å². The Kier molecular flexibility index (Phi) is 12.5. The molecule has 174 valence electrons. The van der Waals surface area contributed by atoms with Crippen molar-refractivity contribution in [2.45, 2.75) is 84.0 Å². The fraction of sp³-hybridized carbons (Fsp3) is 0.739. The van der Waals surface area contributed by atoms with Crippen molar-refractivity contribution < 1.29 is 31.8 Å². The number of unbranched alkanes of at least 4 members (excludes halogenated alkanes) is 5. The van der Waals surface area contributed by atoms with Gasteiger partial charge in [0.25, 0.3) is 5.97 Å². The van der Waals surface area contributed by atoms with Crippen LogP contribution in [0.4, 0.5) is 17.6 Å². The number of methoxy groups -OCH3 is 2. The van der Waals surface area contributed by atoms with Crippen molar-refractivity contribution in [2.75, 3.05) is 20.8 Å². The van der Waals surface area contributed by atoms with Crippen molar-refractivity contribution in [3.63, 3.8) is 0 Å². The first-order valence-electron chi connectivity index (χ1n) is 10.9. The highest BCUT2D eigenvalue weighted by atomic mass is 19.2. The molecule has 0 fully saturated rings. The first-order chi connectivity index (χ1) is 14.4. The zero-order valence-electron chi connectivity index (χ0n) is 18.7. The standard InChI is InChI=1S/C23H36F4O3/c1-5-7-8-9-10-11-14-18(23(28-3,29-4)30-6-2)15-12-13-17-16-19(24)21(26)22(27)20(17)25/h16,18H,5-15H2,1-4H3. The maximum atomic E-state index is 13.9. The molecule has 1 unspecified atom stereocenters. The van der Waals surface area contributed by atoms with Gasteiger partial charge in [0.15, 0.2) is 23.3 Å². The van der Waals surface area contributed by atoms with Gasteiger partial charge in [0.2, 0.25) is 0 Å². The third kappa shape index (κ3) is 7.50. The summed E-state index contributed by atoms with van der Waals surface area (Å²) in [5.74, 6) is -7.65. The van der Waals surface area contributed by atoms with Crippen molar-refractivity contribution in [2.24, 2.45) is 5.92 Å². The zero-order chi connectivity index (χ0) is 22.6. The molecular weight excluding hydrogens is 400 g/mol. The molecule has 0 radical (unpaired) electrons. The molecule has 0 amide bonds. The maximum absolute atomic E-state index is 13.9. The van der Waals surface area contributed by atoms with E-state index in [2.05, 4.69) is 6.92 Å². The van der Waals surface area contributed by atoms with Crippen LogP contribution < -0.4 is 0 Å². The highest BCUT2D eigenvalue weighted by molar-refractivity contribution is 5.21. The summed E-state index contributed by atoms with van der Waals surface area (Å²) in [7, 11) is 3.02. The Morgan fingerprint density at radius 3 is 2.00 bits per heavy atom. The van der Waals surface area contributed by atoms with Gasteiger partial charge >= 0.3 is 0 Å². The number of benzene rings is 1. The number of rotatable bonds is 16. The van der Waals surface area contributed by atoms with Gasteiger partial charge in [-0.3, -0.25) is 0 Å². The van der Waals surface area contributed by atoms with Crippen LogP contribution in [0.5, 0.6) is 0 Å². The Morgan fingerprint density at radius 1 is 0.800 bits per heavy atom. The van der Waals surface area contributed by atoms with E-state index in [1.807, 2.05) is 6.92 Å². The van der Waals surface area contributed by atoms with E-state index in [1.54, 1.807) is 0 Å². The second kappa shape index (κ2) is 14.0. The van der Waals surface area contributed by atoms with Crippen molar-refractivity contribution in [1.82, 2.24) is 0 Å². The van der Waals surface area contributed by atoms with Gasteiger partial charge in [-0.15, -0.1) is 0 Å². The molecule has 1 aromatic carbocycles. The van der Waals surface area contributed by atoms with Crippen LogP contribution in [0.25, 0.3) is 0 Å². The summed E-state index contributed by atoms with van der Waals surface area (Å²) < 4.78 is 71.0. The lowest BCUT2D eigenvalue weighted by Gasteiger charge is -2.37. The van der Waals surface area contributed by atoms with Gasteiger partial charge in [-0.1, -0.05) is 45.4 Å². The molecule has 1 aromatic rings. The number of aryl methyl sites for hydroxylation is 1. The minimum Gasteiger partial charge on any atom is -0.331 e. The molecule has 3 nitrogen and oxygen atoms in total. The minimum absolute atomic E-state index is 0.0720. The molecule has 1 atom stereocenters. The van der Waals surface area contributed by atoms with Crippen LogP contribution in [-0.2, 0) is 20.6 Å². The van der Waals surface area contributed by atoms with Gasteiger partial charge in [0.1, 0.15) is 0 Å². The van der Waals surface area contributed by atoms with E-state index in [9.17, 15) is 17.6 Å². The Balaban J connectivity index is 2.80. The second-order valence-electron chi connectivity index (χ2n) is 7.55. The molecule has 0 aliphatic rings. The number of halogens is 4. The first kappa shape index (κ1) is 26.9. The lowest BCUT2D eigenvalue weighted by molar-refractivity contribution is -0.388. The van der Waals surface area contributed by atoms with E-state index in [4.69, 9.17) is 14.2 Å². The Bertz CT molecular complexity index is 621. The first-order valence-corrected chi connectivity index (χ1v) is 10.9. The van der Waals surface area contributed by atoms with Crippen LogP contribution in [0.1, 0.15) is 77.2 Å². The molecule has 0 bridgehead atoms. The molecule has 0 spiro atoms. The summed E-state index contributed by atoms with van der Waals surface area (Å²) >= 11 is 0. The van der Waals surface area contributed by atoms with E-state index in [-0.39, 0.29) is 17.9 Å². The summed E-state index contributed by atoms with van der Waals surface area (Å²) in [6.07, 6.45) is 8.61. The van der Waals surface area contributed by atoms with Gasteiger partial charge in [-0.25, -0.2) is 17.6 Å². The van der Waals surface area contributed by atoms with Gasteiger partial charge in [-0.05, 0) is 44.2 Å². The van der Waals surface area contributed by atoms with E-state index in [0.29, 0.717) is 19.4 Å². The molecule has 0 saturated carbocycles. The molecule has 0 heterocycles. The predicted molar refractivity (Wildman–Crippen MR) is 109 cm³/mol. The fourth-order valence-electron chi connectivity index (χ4n) is 3.87. The van der Waals surface area contributed by atoms with E-state index in [1.165, 1.54) is 33.5 Å². The quantitative estimate of drug-likeness (QED) is 0.0926. The molecule has 0 saturated heterocycles. The normalized spacial score (nSPS) is 13.1. The van der Waals surface area contributed by atoms with Crippen LogP contribution in [0.2, 0.25) is 0 Å². The van der Waals surface area contributed by atoms with Crippen LogP contribution in [0.15, 0.2) is 6.07 Å². The molecule has 0 N–H and O–H groups in total. The zero-order valence-corrected chi connectivity index (χ0v) is 18.7. The van der Waals surface area contributed by atoms with Crippen LogP contribution in [0, 0.1) is 29.2 Å². The van der Waals surface area contributed by atoms with Crippen LogP contribution in [-0.4, -0.2) is 26.8 Å². The molecule has 0 aliphatic carbocycles. The third-order valence-electron chi connectivity index (χ3n) is 5.50. The average molecular weight is 437 g/mol. The van der Waals surface area contributed by atoms with E-state index in [0.717, 1.165) is 31.7 Å². The number of hydrogen-bond donors (Lipinski definition) is 0. The smallest absolute Gasteiger partial charge is 0.285 e. The SMILES string of the molecule is CCCCCCCCC(CCCc1cc(F)c(F)c(F)c1F)C(OC)(OC)OCC. The second-order valence-corrected chi connectivity index (χ2v) is 7.55. The van der Waals surface area contributed by atoms with Crippen molar-refractivity contribution in [3.05, 3.63) is 34.9 Å². The van der Waals surface area contributed by atoms with Gasteiger partial charge in [0, 0.05) is 26.7 Å². The molecule has 0 aromatic heterocycles. The van der Waals surface area contributed by atoms with Gasteiger partial charge in [-0.2, -0.15) is 0 Å². The molecule has 0 aliphatic heterocycles. The van der Waals surface area contributed by atoms with Crippen molar-refractivity contribution in [1.29, 1.82) is 0 Å². The fourth-order valence-corrected chi connectivity index (χ4v) is 3.87. The van der Waals surface area contributed by atoms with Crippen molar-refractivity contribution in [3.8, 4) is 0 Å². The largest absolute Gasteiger partial charge is 0.331 e. The predicted octanol–water partition coefficient (Wildman–Crippen LogP) is 6.92. The van der Waals surface area contributed by atoms with E-state index >= 15 is 0 Å². The van der Waals surface area contributed by atoms with Gasteiger partial charge < -0.3 is 14.2 Å². The highest BCUT2D eigenvalue weighted by Gasteiger charge is 2.40.